The molecule has 0 radical (unpaired) electrons. The summed E-state index contributed by atoms with van der Waals surface area (Å²) in [6, 6.07) is 4.75. The second-order valence-electron chi connectivity index (χ2n) is 4.40. The average Bonchev–Trinajstić information content (AvgIpc) is 2.79. The van der Waals surface area contributed by atoms with Gasteiger partial charge in [-0.1, -0.05) is 20.9 Å². The SMILES string of the molecule is Cc1nc(NC(=O)c2cc(Br)ccc2NC(=O)OON)sc1C. The minimum absolute atomic E-state index is 0.221. The number of benzene rings is 1. The number of anilines is 2. The molecule has 23 heavy (non-hydrogen) atoms. The minimum Gasteiger partial charge on any atom is -0.298 e. The van der Waals surface area contributed by atoms with Gasteiger partial charge in [0.2, 0.25) is 0 Å². The summed E-state index contributed by atoms with van der Waals surface area (Å²) >= 11 is 4.65. The van der Waals surface area contributed by atoms with E-state index in [0.29, 0.717) is 9.60 Å². The molecule has 4 N–H and O–H groups in total. The fourth-order valence-electron chi connectivity index (χ4n) is 1.68. The summed E-state index contributed by atoms with van der Waals surface area (Å²) in [5.41, 5.74) is 1.30. The molecule has 122 valence electrons. The number of halogens is 1. The summed E-state index contributed by atoms with van der Waals surface area (Å²) in [5.74, 6) is 4.22. The first-order chi connectivity index (χ1) is 10.9. The highest BCUT2D eigenvalue weighted by atomic mass is 79.9. The normalized spacial score (nSPS) is 10.3. The van der Waals surface area contributed by atoms with E-state index in [2.05, 4.69) is 47.3 Å². The number of nitrogens with zero attached hydrogens (tertiary/aromatic N) is 1. The molecule has 0 unspecified atom stereocenters. The van der Waals surface area contributed by atoms with Crippen molar-refractivity contribution in [1.82, 2.24) is 4.98 Å². The first-order valence-corrected chi connectivity index (χ1v) is 7.91. The second-order valence-corrected chi connectivity index (χ2v) is 6.52. The zero-order valence-corrected chi connectivity index (χ0v) is 14.6. The van der Waals surface area contributed by atoms with Gasteiger partial charge in [-0.25, -0.2) is 9.78 Å². The summed E-state index contributed by atoms with van der Waals surface area (Å²) in [5, 5.41) is 5.53. The number of amides is 2. The van der Waals surface area contributed by atoms with Crippen LogP contribution in [-0.2, 0) is 9.88 Å². The second kappa shape index (κ2) is 7.51. The molecule has 1 aromatic carbocycles. The van der Waals surface area contributed by atoms with Gasteiger partial charge >= 0.3 is 6.09 Å². The lowest BCUT2D eigenvalue weighted by molar-refractivity contribution is -0.239. The van der Waals surface area contributed by atoms with E-state index in [9.17, 15) is 9.59 Å². The summed E-state index contributed by atoms with van der Waals surface area (Å²) in [4.78, 5) is 37.0. The molecule has 1 aromatic heterocycles. The zero-order valence-electron chi connectivity index (χ0n) is 12.2. The first-order valence-electron chi connectivity index (χ1n) is 6.30. The van der Waals surface area contributed by atoms with Crippen molar-refractivity contribution >= 4 is 50.1 Å². The van der Waals surface area contributed by atoms with Crippen LogP contribution in [0.3, 0.4) is 0 Å². The fourth-order valence-corrected chi connectivity index (χ4v) is 2.85. The van der Waals surface area contributed by atoms with Crippen LogP contribution in [-0.4, -0.2) is 17.0 Å². The van der Waals surface area contributed by atoms with Gasteiger partial charge in [-0.3, -0.25) is 20.3 Å². The van der Waals surface area contributed by atoms with Gasteiger partial charge in [-0.15, -0.1) is 11.3 Å². The number of aromatic nitrogens is 1. The van der Waals surface area contributed by atoms with Crippen molar-refractivity contribution in [2.24, 2.45) is 5.90 Å². The molecule has 0 atom stereocenters. The maximum atomic E-state index is 12.4. The molecule has 0 aliphatic carbocycles. The quantitative estimate of drug-likeness (QED) is 0.536. The van der Waals surface area contributed by atoms with Crippen LogP contribution in [0.5, 0.6) is 0 Å². The number of nitrogens with two attached hydrogens (primary N) is 1. The largest absolute Gasteiger partial charge is 0.445 e. The number of rotatable bonds is 4. The molecule has 2 amide bonds. The Kier molecular flexibility index (Phi) is 5.66. The zero-order chi connectivity index (χ0) is 17.0. The number of thiazole rings is 1. The summed E-state index contributed by atoms with van der Waals surface area (Å²) < 4.78 is 0.670. The molecule has 0 saturated heterocycles. The third kappa shape index (κ3) is 4.48. The van der Waals surface area contributed by atoms with E-state index in [1.807, 2.05) is 13.8 Å². The number of hydrogen-bond acceptors (Lipinski definition) is 7. The molecule has 2 rings (SSSR count). The number of carbonyl (C=O) groups is 2. The van der Waals surface area contributed by atoms with Crippen molar-refractivity contribution < 1.29 is 19.5 Å². The molecule has 0 fully saturated rings. The molecule has 0 bridgehead atoms. The first kappa shape index (κ1) is 17.3. The predicted molar refractivity (Wildman–Crippen MR) is 89.1 cm³/mol. The molecule has 2 aromatic rings. The Morgan fingerprint density at radius 2 is 2.04 bits per heavy atom. The Bertz CT molecular complexity index is 730. The molecule has 8 nitrogen and oxygen atoms in total. The highest BCUT2D eigenvalue weighted by molar-refractivity contribution is 9.10. The lowest BCUT2D eigenvalue weighted by atomic mass is 10.1. The van der Waals surface area contributed by atoms with Crippen molar-refractivity contribution in [2.75, 3.05) is 10.6 Å². The summed E-state index contributed by atoms with van der Waals surface area (Å²) in [6.07, 6.45) is -0.954. The number of nitrogens with one attached hydrogen (secondary N) is 2. The lowest BCUT2D eigenvalue weighted by Gasteiger charge is -2.10. The van der Waals surface area contributed by atoms with Crippen molar-refractivity contribution in [2.45, 2.75) is 13.8 Å². The third-order valence-corrected chi connectivity index (χ3v) is 4.32. The highest BCUT2D eigenvalue weighted by Crippen LogP contribution is 2.25. The van der Waals surface area contributed by atoms with E-state index in [1.165, 1.54) is 17.4 Å². The average molecular weight is 401 g/mol. The monoisotopic (exact) mass is 400 g/mol. The van der Waals surface area contributed by atoms with Gasteiger partial charge < -0.3 is 0 Å². The fraction of sp³-hybridized carbons (Fsp3) is 0.154. The minimum atomic E-state index is -0.954. The van der Waals surface area contributed by atoms with E-state index in [0.717, 1.165) is 10.6 Å². The third-order valence-electron chi connectivity index (χ3n) is 2.84. The van der Waals surface area contributed by atoms with E-state index >= 15 is 0 Å². The van der Waals surface area contributed by atoms with Gasteiger partial charge in [0.25, 0.3) is 5.91 Å². The predicted octanol–water partition coefficient (Wildman–Crippen LogP) is 3.13. The molecule has 1 heterocycles. The topological polar surface area (TPSA) is 116 Å². The molecule has 10 heteroatoms. The molecular formula is C13H13BrN4O4S. The molecule has 0 spiro atoms. The van der Waals surface area contributed by atoms with Crippen LogP contribution >= 0.6 is 27.3 Å². The van der Waals surface area contributed by atoms with Crippen LogP contribution in [0.4, 0.5) is 15.6 Å². The van der Waals surface area contributed by atoms with Gasteiger partial charge in [0, 0.05) is 9.35 Å². The van der Waals surface area contributed by atoms with Crippen molar-refractivity contribution in [1.29, 1.82) is 0 Å². The number of aryl methyl sites for hydroxylation is 2. The van der Waals surface area contributed by atoms with Gasteiger partial charge in [0.1, 0.15) is 0 Å². The number of carbonyl (C=O) groups excluding carboxylic acids is 2. The van der Waals surface area contributed by atoms with E-state index in [4.69, 9.17) is 0 Å². The van der Waals surface area contributed by atoms with Crippen LogP contribution in [0.25, 0.3) is 0 Å². The Hall–Kier alpha value is -2.01. The maximum absolute atomic E-state index is 12.4. The Labute approximate surface area is 144 Å². The summed E-state index contributed by atoms with van der Waals surface area (Å²) in [6.45, 7) is 3.77. The van der Waals surface area contributed by atoms with Gasteiger partial charge in [0.15, 0.2) is 5.13 Å². The molecule has 0 aliphatic heterocycles. The van der Waals surface area contributed by atoms with Crippen molar-refractivity contribution in [3.8, 4) is 0 Å². The smallest absolute Gasteiger partial charge is 0.298 e. The van der Waals surface area contributed by atoms with Gasteiger partial charge in [-0.2, -0.15) is 5.90 Å². The molecule has 0 saturated carbocycles. The van der Waals surface area contributed by atoms with E-state index in [1.54, 1.807) is 12.1 Å². The number of hydrogen-bond donors (Lipinski definition) is 3. The van der Waals surface area contributed by atoms with Crippen LogP contribution in [0.15, 0.2) is 22.7 Å². The standard InChI is InChI=1S/C13H13BrN4O4S/c1-6-7(2)23-12(16-6)18-11(19)9-5-8(14)3-4-10(9)17-13(20)21-22-15/h3-5H,15H2,1-2H3,(H,17,20)(H,16,18,19). The van der Waals surface area contributed by atoms with E-state index in [-0.39, 0.29) is 11.3 Å². The van der Waals surface area contributed by atoms with E-state index < -0.39 is 12.0 Å². The Morgan fingerprint density at radius 3 is 2.65 bits per heavy atom. The lowest BCUT2D eigenvalue weighted by Crippen LogP contribution is -2.20. The Balaban J connectivity index is 2.24. The van der Waals surface area contributed by atoms with Crippen LogP contribution in [0.2, 0.25) is 0 Å². The van der Waals surface area contributed by atoms with Crippen molar-refractivity contribution in [3.05, 3.63) is 38.8 Å². The van der Waals surface area contributed by atoms with Gasteiger partial charge in [0.05, 0.1) is 16.9 Å². The Morgan fingerprint density at radius 1 is 1.30 bits per heavy atom. The van der Waals surface area contributed by atoms with Crippen molar-refractivity contribution in [3.63, 3.8) is 0 Å². The molecular weight excluding hydrogens is 388 g/mol. The van der Waals surface area contributed by atoms with Crippen LogP contribution < -0.4 is 16.5 Å². The van der Waals surface area contributed by atoms with Crippen LogP contribution in [0.1, 0.15) is 20.9 Å². The van der Waals surface area contributed by atoms with Gasteiger partial charge in [-0.05, 0) is 32.0 Å². The maximum Gasteiger partial charge on any atom is 0.445 e. The summed E-state index contributed by atoms with van der Waals surface area (Å²) in [7, 11) is 0. The highest BCUT2D eigenvalue weighted by Gasteiger charge is 2.17. The van der Waals surface area contributed by atoms with Crippen LogP contribution in [0, 0.1) is 13.8 Å². The molecule has 0 aliphatic rings.